The van der Waals surface area contributed by atoms with Gasteiger partial charge in [-0.1, -0.05) is 51.1 Å². The summed E-state index contributed by atoms with van der Waals surface area (Å²) in [5, 5.41) is 6.15. The van der Waals surface area contributed by atoms with Gasteiger partial charge in [0.05, 0.1) is 11.7 Å². The second-order valence-corrected chi connectivity index (χ2v) is 6.03. The number of hydrogen-bond acceptors (Lipinski definition) is 2. The fraction of sp³-hybridized carbons (Fsp3) is 0.375. The minimum absolute atomic E-state index is 0.189. The van der Waals surface area contributed by atoms with E-state index in [9.17, 15) is 0 Å². The lowest BCUT2D eigenvalue weighted by molar-refractivity contribution is 0.207. The zero-order valence-electron chi connectivity index (χ0n) is 11.2. The Morgan fingerprint density at radius 2 is 1.89 bits per heavy atom. The van der Waals surface area contributed by atoms with Gasteiger partial charge in [0.2, 0.25) is 0 Å². The van der Waals surface area contributed by atoms with Crippen LogP contribution in [0.15, 0.2) is 36.4 Å². The van der Waals surface area contributed by atoms with E-state index >= 15 is 0 Å². The molecule has 0 radical (unpaired) electrons. The molecule has 0 saturated heterocycles. The first-order valence-corrected chi connectivity index (χ1v) is 6.47. The van der Waals surface area contributed by atoms with Crippen molar-refractivity contribution in [3.63, 3.8) is 0 Å². The van der Waals surface area contributed by atoms with Gasteiger partial charge in [0, 0.05) is 5.39 Å². The summed E-state index contributed by atoms with van der Waals surface area (Å²) in [6.45, 7) is 7.45. The van der Waals surface area contributed by atoms with Crippen molar-refractivity contribution < 1.29 is 4.74 Å². The molecule has 0 fully saturated rings. The molecular formula is C16H19NO. The molecule has 1 atom stereocenters. The number of ether oxygens (including phenoxy) is 1. The molecule has 2 heteroatoms. The Kier molecular flexibility index (Phi) is 2.47. The standard InChI is InChI=1S/C16H19NO/c1-16(2,3)14-10-18-13-9-8-11-6-4-5-7-12(11)15(13)17-14/h4-9,14,17H,10H2,1-3H3/t14-/m1/s1. The molecule has 2 aromatic carbocycles. The molecule has 0 aromatic heterocycles. The summed E-state index contributed by atoms with van der Waals surface area (Å²) in [6, 6.07) is 12.9. The van der Waals surface area contributed by atoms with Gasteiger partial charge >= 0.3 is 0 Å². The van der Waals surface area contributed by atoms with Crippen LogP contribution in [-0.2, 0) is 0 Å². The predicted molar refractivity (Wildman–Crippen MR) is 76.3 cm³/mol. The number of benzene rings is 2. The van der Waals surface area contributed by atoms with Crippen LogP contribution in [0.25, 0.3) is 10.8 Å². The predicted octanol–water partition coefficient (Wildman–Crippen LogP) is 4.06. The summed E-state index contributed by atoms with van der Waals surface area (Å²) in [6.07, 6.45) is 0. The van der Waals surface area contributed by atoms with E-state index in [1.54, 1.807) is 0 Å². The van der Waals surface area contributed by atoms with Crippen molar-refractivity contribution >= 4 is 16.5 Å². The van der Waals surface area contributed by atoms with Gasteiger partial charge in [-0.3, -0.25) is 0 Å². The Balaban J connectivity index is 2.10. The van der Waals surface area contributed by atoms with Crippen LogP contribution in [-0.4, -0.2) is 12.6 Å². The average Bonchev–Trinajstić information content (AvgIpc) is 2.37. The second-order valence-electron chi connectivity index (χ2n) is 6.03. The molecule has 3 rings (SSSR count). The number of rotatable bonds is 0. The summed E-state index contributed by atoms with van der Waals surface area (Å²) in [4.78, 5) is 0. The molecule has 94 valence electrons. The summed E-state index contributed by atoms with van der Waals surface area (Å²) >= 11 is 0. The molecule has 1 aliphatic heterocycles. The molecule has 0 bridgehead atoms. The molecule has 0 unspecified atom stereocenters. The molecule has 2 aromatic rings. The fourth-order valence-corrected chi connectivity index (χ4v) is 2.38. The van der Waals surface area contributed by atoms with E-state index < -0.39 is 0 Å². The highest BCUT2D eigenvalue weighted by atomic mass is 16.5. The van der Waals surface area contributed by atoms with Gasteiger partial charge in [0.15, 0.2) is 0 Å². The topological polar surface area (TPSA) is 21.3 Å². The first-order chi connectivity index (χ1) is 8.55. The number of anilines is 1. The lowest BCUT2D eigenvalue weighted by atomic mass is 9.86. The second kappa shape index (κ2) is 3.91. The summed E-state index contributed by atoms with van der Waals surface area (Å²) < 4.78 is 5.91. The van der Waals surface area contributed by atoms with E-state index in [2.05, 4.69) is 62.5 Å². The minimum atomic E-state index is 0.189. The lowest BCUT2D eigenvalue weighted by Crippen LogP contribution is -2.41. The van der Waals surface area contributed by atoms with E-state index in [1.807, 2.05) is 0 Å². The molecule has 0 amide bonds. The van der Waals surface area contributed by atoms with Crippen molar-refractivity contribution in [3.8, 4) is 5.75 Å². The fourth-order valence-electron chi connectivity index (χ4n) is 2.38. The number of hydrogen-bond donors (Lipinski definition) is 1. The van der Waals surface area contributed by atoms with Crippen LogP contribution < -0.4 is 10.1 Å². The van der Waals surface area contributed by atoms with Gasteiger partial charge in [0.25, 0.3) is 0 Å². The Labute approximate surface area is 108 Å². The van der Waals surface area contributed by atoms with E-state index in [-0.39, 0.29) is 5.41 Å². The first-order valence-electron chi connectivity index (χ1n) is 6.47. The number of fused-ring (bicyclic) bond motifs is 3. The molecule has 0 saturated carbocycles. The van der Waals surface area contributed by atoms with Gasteiger partial charge < -0.3 is 10.1 Å². The third-order valence-corrected chi connectivity index (χ3v) is 3.66. The highest BCUT2D eigenvalue weighted by Gasteiger charge is 2.30. The van der Waals surface area contributed by atoms with Crippen molar-refractivity contribution in [2.24, 2.45) is 5.41 Å². The van der Waals surface area contributed by atoms with Gasteiger partial charge in [0.1, 0.15) is 12.4 Å². The van der Waals surface area contributed by atoms with Crippen LogP contribution in [0.2, 0.25) is 0 Å². The van der Waals surface area contributed by atoms with E-state index in [0.717, 1.165) is 18.0 Å². The largest absolute Gasteiger partial charge is 0.489 e. The molecule has 1 aliphatic rings. The molecule has 1 heterocycles. The highest BCUT2D eigenvalue weighted by Crippen LogP contribution is 2.39. The van der Waals surface area contributed by atoms with Crippen LogP contribution in [0.3, 0.4) is 0 Å². The third kappa shape index (κ3) is 1.82. The van der Waals surface area contributed by atoms with Crippen molar-refractivity contribution in [1.29, 1.82) is 0 Å². The Morgan fingerprint density at radius 1 is 1.11 bits per heavy atom. The van der Waals surface area contributed by atoms with E-state index in [4.69, 9.17) is 4.74 Å². The molecule has 1 N–H and O–H groups in total. The van der Waals surface area contributed by atoms with Crippen LogP contribution >= 0.6 is 0 Å². The Hall–Kier alpha value is -1.70. The van der Waals surface area contributed by atoms with Gasteiger partial charge in [-0.15, -0.1) is 0 Å². The summed E-state index contributed by atoms with van der Waals surface area (Å²) in [5.41, 5.74) is 1.33. The van der Waals surface area contributed by atoms with E-state index in [0.29, 0.717) is 6.04 Å². The Bertz CT molecular complexity index is 583. The normalized spacial score (nSPS) is 18.9. The SMILES string of the molecule is CC(C)(C)[C@H]1COc2ccc3ccccc3c2N1. The maximum Gasteiger partial charge on any atom is 0.143 e. The van der Waals surface area contributed by atoms with Crippen LogP contribution in [0.4, 0.5) is 5.69 Å². The highest BCUT2D eigenvalue weighted by molar-refractivity contribution is 5.97. The van der Waals surface area contributed by atoms with E-state index in [1.165, 1.54) is 10.8 Å². The molecule has 2 nitrogen and oxygen atoms in total. The lowest BCUT2D eigenvalue weighted by Gasteiger charge is -2.36. The summed E-state index contributed by atoms with van der Waals surface area (Å²) in [7, 11) is 0. The maximum absolute atomic E-state index is 5.91. The summed E-state index contributed by atoms with van der Waals surface area (Å²) in [5.74, 6) is 0.967. The van der Waals surface area contributed by atoms with Gasteiger partial charge in [-0.2, -0.15) is 0 Å². The molecule has 18 heavy (non-hydrogen) atoms. The molecular weight excluding hydrogens is 222 g/mol. The zero-order chi connectivity index (χ0) is 12.8. The monoisotopic (exact) mass is 241 g/mol. The minimum Gasteiger partial charge on any atom is -0.489 e. The van der Waals surface area contributed by atoms with Gasteiger partial charge in [-0.05, 0) is 16.9 Å². The first kappa shape index (κ1) is 11.4. The Morgan fingerprint density at radius 3 is 2.67 bits per heavy atom. The quantitative estimate of drug-likeness (QED) is 0.751. The maximum atomic E-state index is 5.91. The number of nitrogens with one attached hydrogen (secondary N) is 1. The van der Waals surface area contributed by atoms with Crippen LogP contribution in [0, 0.1) is 5.41 Å². The van der Waals surface area contributed by atoms with Crippen LogP contribution in [0.5, 0.6) is 5.75 Å². The van der Waals surface area contributed by atoms with Crippen molar-refractivity contribution in [2.45, 2.75) is 26.8 Å². The third-order valence-electron chi connectivity index (χ3n) is 3.66. The molecule has 0 aliphatic carbocycles. The van der Waals surface area contributed by atoms with Crippen LogP contribution in [0.1, 0.15) is 20.8 Å². The molecule has 0 spiro atoms. The smallest absolute Gasteiger partial charge is 0.143 e. The van der Waals surface area contributed by atoms with Crippen molar-refractivity contribution in [1.82, 2.24) is 0 Å². The zero-order valence-corrected chi connectivity index (χ0v) is 11.2. The van der Waals surface area contributed by atoms with Crippen molar-refractivity contribution in [2.75, 3.05) is 11.9 Å². The average molecular weight is 241 g/mol. The van der Waals surface area contributed by atoms with Gasteiger partial charge in [-0.25, -0.2) is 0 Å². The van der Waals surface area contributed by atoms with Crippen molar-refractivity contribution in [3.05, 3.63) is 36.4 Å².